The van der Waals surface area contributed by atoms with Gasteiger partial charge in [-0.1, -0.05) is 6.07 Å². The van der Waals surface area contributed by atoms with E-state index in [2.05, 4.69) is 26.2 Å². The van der Waals surface area contributed by atoms with Crippen LogP contribution < -0.4 is 5.32 Å². The van der Waals surface area contributed by atoms with Crippen LogP contribution in [0.2, 0.25) is 0 Å². The van der Waals surface area contributed by atoms with Crippen molar-refractivity contribution in [2.75, 3.05) is 19.0 Å². The maximum atomic E-state index is 12.4. The van der Waals surface area contributed by atoms with E-state index in [1.807, 2.05) is 18.2 Å². The predicted molar refractivity (Wildman–Crippen MR) is 92.7 cm³/mol. The van der Waals surface area contributed by atoms with E-state index in [0.29, 0.717) is 23.4 Å². The van der Waals surface area contributed by atoms with Gasteiger partial charge in [-0.15, -0.1) is 0 Å². The van der Waals surface area contributed by atoms with Gasteiger partial charge in [-0.05, 0) is 48.8 Å². The maximum absolute atomic E-state index is 12.4. The molecule has 0 aliphatic carbocycles. The largest absolute Gasteiger partial charge is 0.467 e. The molecule has 24 heavy (non-hydrogen) atoms. The maximum Gasteiger partial charge on any atom is 0.411 e. The minimum Gasteiger partial charge on any atom is -0.467 e. The molecule has 1 aliphatic heterocycles. The van der Waals surface area contributed by atoms with Gasteiger partial charge in [0, 0.05) is 19.0 Å². The minimum atomic E-state index is -0.672. The number of carbonyl (C=O) groups is 2. The van der Waals surface area contributed by atoms with E-state index in [1.165, 1.54) is 12.0 Å². The van der Waals surface area contributed by atoms with Crippen LogP contribution in [0, 0.1) is 0 Å². The molecule has 2 heterocycles. The summed E-state index contributed by atoms with van der Waals surface area (Å²) in [6, 6.07) is 4.72. The first-order chi connectivity index (χ1) is 11.2. The van der Waals surface area contributed by atoms with Crippen molar-refractivity contribution in [1.82, 2.24) is 9.88 Å². The molecule has 0 unspecified atom stereocenters. The van der Waals surface area contributed by atoms with Gasteiger partial charge in [0.1, 0.15) is 22.1 Å². The summed E-state index contributed by atoms with van der Waals surface area (Å²) in [7, 11) is 1.31. The Labute approximate surface area is 149 Å². The molecule has 1 aromatic heterocycles. The zero-order chi connectivity index (χ0) is 17.9. The molecule has 132 valence electrons. The summed E-state index contributed by atoms with van der Waals surface area (Å²) in [5.74, 6) is 0.219. The highest BCUT2D eigenvalue weighted by Gasteiger charge is 2.42. The van der Waals surface area contributed by atoms with Gasteiger partial charge < -0.3 is 14.8 Å². The third kappa shape index (κ3) is 4.83. The van der Waals surface area contributed by atoms with E-state index in [9.17, 15) is 9.59 Å². The second kappa shape index (κ2) is 7.38. The van der Waals surface area contributed by atoms with Crippen molar-refractivity contribution in [2.24, 2.45) is 0 Å². The Morgan fingerprint density at radius 2 is 2.08 bits per heavy atom. The quantitative estimate of drug-likeness (QED) is 0.621. The van der Waals surface area contributed by atoms with Gasteiger partial charge in [0.25, 0.3) is 0 Å². The molecule has 1 saturated heterocycles. The highest BCUT2D eigenvalue weighted by atomic mass is 79.9. The van der Waals surface area contributed by atoms with Crippen molar-refractivity contribution >= 4 is 33.8 Å². The molecule has 1 fully saturated rings. The molecule has 2 rings (SSSR count). The van der Waals surface area contributed by atoms with Crippen LogP contribution in [-0.4, -0.2) is 53.3 Å². The Bertz CT molecular complexity index is 618. The number of rotatable bonds is 3. The zero-order valence-corrected chi connectivity index (χ0v) is 15.8. The summed E-state index contributed by atoms with van der Waals surface area (Å²) >= 11 is 3.32. The second-order valence-electron chi connectivity index (χ2n) is 6.59. The van der Waals surface area contributed by atoms with Gasteiger partial charge in [-0.25, -0.2) is 14.6 Å². The van der Waals surface area contributed by atoms with Gasteiger partial charge in [-0.3, -0.25) is 4.90 Å². The number of hydrogen-bond acceptors (Lipinski definition) is 6. The monoisotopic (exact) mass is 399 g/mol. The summed E-state index contributed by atoms with van der Waals surface area (Å²) in [5.41, 5.74) is -0.630. The van der Waals surface area contributed by atoms with E-state index in [0.717, 1.165) is 0 Å². The highest BCUT2D eigenvalue weighted by Crippen LogP contribution is 2.24. The fourth-order valence-corrected chi connectivity index (χ4v) is 2.86. The van der Waals surface area contributed by atoms with Gasteiger partial charge in [0.2, 0.25) is 0 Å². The lowest BCUT2D eigenvalue weighted by atomic mass is 10.1. The molecule has 0 bridgehead atoms. The van der Waals surface area contributed by atoms with E-state index < -0.39 is 23.7 Å². The van der Waals surface area contributed by atoms with Crippen molar-refractivity contribution in [2.45, 2.75) is 44.9 Å². The molecule has 2 atom stereocenters. The van der Waals surface area contributed by atoms with Crippen LogP contribution in [0.3, 0.4) is 0 Å². The molecule has 7 nitrogen and oxygen atoms in total. The van der Waals surface area contributed by atoms with Gasteiger partial charge >= 0.3 is 12.1 Å². The molecule has 0 saturated carbocycles. The predicted octanol–water partition coefficient (Wildman–Crippen LogP) is 2.81. The van der Waals surface area contributed by atoms with Crippen molar-refractivity contribution in [1.29, 1.82) is 0 Å². The summed E-state index contributed by atoms with van der Waals surface area (Å²) < 4.78 is 10.9. The minimum absolute atomic E-state index is 0.122. The highest BCUT2D eigenvalue weighted by molar-refractivity contribution is 9.10. The number of hydrogen-bond donors (Lipinski definition) is 1. The van der Waals surface area contributed by atoms with Gasteiger partial charge in [-0.2, -0.15) is 0 Å². The van der Waals surface area contributed by atoms with E-state index >= 15 is 0 Å². The van der Waals surface area contributed by atoms with Crippen LogP contribution in [0.1, 0.15) is 27.2 Å². The number of amides is 1. The number of carbonyl (C=O) groups excluding carboxylic acids is 2. The number of aromatic nitrogens is 1. The van der Waals surface area contributed by atoms with Crippen LogP contribution in [0.4, 0.5) is 10.6 Å². The van der Waals surface area contributed by atoms with Crippen LogP contribution in [-0.2, 0) is 14.3 Å². The Balaban J connectivity index is 2.11. The number of likely N-dealkylation sites (tertiary alicyclic amines) is 1. The fraction of sp³-hybridized carbons (Fsp3) is 0.562. The Hall–Kier alpha value is -1.83. The number of halogens is 1. The molecule has 1 aromatic rings. The second-order valence-corrected chi connectivity index (χ2v) is 7.41. The van der Waals surface area contributed by atoms with E-state index in [-0.39, 0.29) is 6.04 Å². The molecule has 1 amide bonds. The topological polar surface area (TPSA) is 80.8 Å². The number of nitrogens with zero attached hydrogens (tertiary/aromatic N) is 2. The number of esters is 1. The summed E-state index contributed by atoms with van der Waals surface area (Å²) in [4.78, 5) is 30.1. The van der Waals surface area contributed by atoms with Crippen LogP contribution in [0.5, 0.6) is 0 Å². The smallest absolute Gasteiger partial charge is 0.411 e. The summed E-state index contributed by atoms with van der Waals surface area (Å²) in [5, 5.41) is 3.24. The third-order valence-electron chi connectivity index (χ3n) is 3.47. The molecular formula is C16H22BrN3O4. The standard InChI is InChI=1S/C16H22BrN3O4/c1-16(2,3)24-15(22)20-9-10(8-11(20)14(21)23-4)18-13-7-5-6-12(17)19-13/h5-7,10-11H,8-9H2,1-4H3,(H,18,19)/t10-,11-/m0/s1. The van der Waals surface area contributed by atoms with Crippen molar-refractivity contribution in [3.8, 4) is 0 Å². The number of pyridine rings is 1. The Kier molecular flexibility index (Phi) is 5.69. The van der Waals surface area contributed by atoms with Crippen molar-refractivity contribution in [3.05, 3.63) is 22.8 Å². The molecule has 8 heteroatoms. The van der Waals surface area contributed by atoms with Gasteiger partial charge in [0.05, 0.1) is 7.11 Å². The molecule has 0 radical (unpaired) electrons. The lowest BCUT2D eigenvalue weighted by Crippen LogP contribution is -2.44. The number of nitrogens with one attached hydrogen (secondary N) is 1. The van der Waals surface area contributed by atoms with Crippen LogP contribution >= 0.6 is 15.9 Å². The molecule has 1 N–H and O–H groups in total. The van der Waals surface area contributed by atoms with Crippen molar-refractivity contribution < 1.29 is 19.1 Å². The lowest BCUT2D eigenvalue weighted by Gasteiger charge is -2.27. The summed E-state index contributed by atoms with van der Waals surface area (Å²) in [6.07, 6.45) is -0.0930. The molecule has 0 spiro atoms. The summed E-state index contributed by atoms with van der Waals surface area (Å²) in [6.45, 7) is 5.70. The average Bonchev–Trinajstić information content (AvgIpc) is 2.88. The molecule has 1 aliphatic rings. The molecule has 0 aromatic carbocycles. The normalized spacial score (nSPS) is 20.6. The zero-order valence-electron chi connectivity index (χ0n) is 14.2. The number of methoxy groups -OCH3 is 1. The average molecular weight is 400 g/mol. The van der Waals surface area contributed by atoms with Crippen molar-refractivity contribution in [3.63, 3.8) is 0 Å². The fourth-order valence-electron chi connectivity index (χ4n) is 2.52. The van der Waals surface area contributed by atoms with Crippen LogP contribution in [0.15, 0.2) is 22.8 Å². The molecular weight excluding hydrogens is 378 g/mol. The lowest BCUT2D eigenvalue weighted by molar-refractivity contribution is -0.145. The Morgan fingerprint density at radius 1 is 1.38 bits per heavy atom. The first-order valence-electron chi connectivity index (χ1n) is 7.66. The van der Waals surface area contributed by atoms with E-state index in [4.69, 9.17) is 9.47 Å². The first kappa shape index (κ1) is 18.5. The SMILES string of the molecule is COC(=O)[C@@H]1C[C@H](Nc2cccc(Br)n2)CN1C(=O)OC(C)(C)C. The number of ether oxygens (including phenoxy) is 2. The Morgan fingerprint density at radius 3 is 2.67 bits per heavy atom. The first-order valence-corrected chi connectivity index (χ1v) is 8.45. The van der Waals surface area contributed by atoms with Crippen LogP contribution in [0.25, 0.3) is 0 Å². The number of anilines is 1. The van der Waals surface area contributed by atoms with Gasteiger partial charge in [0.15, 0.2) is 0 Å². The van der Waals surface area contributed by atoms with E-state index in [1.54, 1.807) is 20.8 Å². The third-order valence-corrected chi connectivity index (χ3v) is 3.91.